The predicted molar refractivity (Wildman–Crippen MR) is 70.4 cm³/mol. The van der Waals surface area contributed by atoms with Crippen molar-refractivity contribution < 1.29 is 9.47 Å². The molecule has 1 rings (SSSR count). The SMILES string of the molecule is CCNC1CCOCC1CN(C)CCCOC. The molecule has 1 N–H and O–H groups in total. The minimum Gasteiger partial charge on any atom is -0.385 e. The fourth-order valence-corrected chi connectivity index (χ4v) is 2.48. The highest BCUT2D eigenvalue weighted by Gasteiger charge is 2.25. The Morgan fingerprint density at radius 2 is 2.29 bits per heavy atom. The fraction of sp³-hybridized carbons (Fsp3) is 1.00. The van der Waals surface area contributed by atoms with Gasteiger partial charge in [0.15, 0.2) is 0 Å². The van der Waals surface area contributed by atoms with Crippen LogP contribution in [0.25, 0.3) is 0 Å². The average molecular weight is 244 g/mol. The van der Waals surface area contributed by atoms with Crippen LogP contribution in [0.1, 0.15) is 19.8 Å². The molecular weight excluding hydrogens is 216 g/mol. The maximum Gasteiger partial charge on any atom is 0.0521 e. The number of hydrogen-bond donors (Lipinski definition) is 1. The van der Waals surface area contributed by atoms with Crippen molar-refractivity contribution in [1.29, 1.82) is 0 Å². The first-order chi connectivity index (χ1) is 8.27. The third-order valence-corrected chi connectivity index (χ3v) is 3.37. The number of rotatable bonds is 8. The summed E-state index contributed by atoms with van der Waals surface area (Å²) in [5.41, 5.74) is 0. The summed E-state index contributed by atoms with van der Waals surface area (Å²) in [4.78, 5) is 2.39. The summed E-state index contributed by atoms with van der Waals surface area (Å²) in [5.74, 6) is 0.622. The molecule has 0 aromatic heterocycles. The molecule has 4 heteroatoms. The predicted octanol–water partition coefficient (Wildman–Crippen LogP) is 0.969. The number of nitrogens with zero attached hydrogens (tertiary/aromatic N) is 1. The molecule has 1 aliphatic rings. The zero-order chi connectivity index (χ0) is 12.5. The summed E-state index contributed by atoms with van der Waals surface area (Å²) < 4.78 is 10.7. The van der Waals surface area contributed by atoms with Gasteiger partial charge in [-0.1, -0.05) is 6.92 Å². The van der Waals surface area contributed by atoms with Crippen molar-refractivity contribution in [3.05, 3.63) is 0 Å². The number of ether oxygens (including phenoxy) is 2. The number of methoxy groups -OCH3 is 1. The molecule has 0 aromatic rings. The Bertz CT molecular complexity index is 188. The maximum absolute atomic E-state index is 5.59. The highest BCUT2D eigenvalue weighted by Crippen LogP contribution is 2.15. The van der Waals surface area contributed by atoms with E-state index < -0.39 is 0 Å². The molecule has 0 radical (unpaired) electrons. The van der Waals surface area contributed by atoms with Crippen molar-refractivity contribution in [2.75, 3.05) is 53.6 Å². The van der Waals surface area contributed by atoms with E-state index in [4.69, 9.17) is 9.47 Å². The Balaban J connectivity index is 2.25. The highest BCUT2D eigenvalue weighted by atomic mass is 16.5. The average Bonchev–Trinajstić information content (AvgIpc) is 2.32. The molecule has 1 aliphatic heterocycles. The van der Waals surface area contributed by atoms with Gasteiger partial charge in [0.05, 0.1) is 6.61 Å². The summed E-state index contributed by atoms with van der Waals surface area (Å²) in [5, 5.41) is 3.58. The fourth-order valence-electron chi connectivity index (χ4n) is 2.48. The van der Waals surface area contributed by atoms with Crippen LogP contribution in [-0.4, -0.2) is 64.6 Å². The summed E-state index contributed by atoms with van der Waals surface area (Å²) in [6.45, 7) is 8.09. The van der Waals surface area contributed by atoms with E-state index in [1.54, 1.807) is 7.11 Å². The minimum atomic E-state index is 0.622. The van der Waals surface area contributed by atoms with E-state index in [1.165, 1.54) is 0 Å². The molecule has 0 aliphatic carbocycles. The van der Waals surface area contributed by atoms with Crippen LogP contribution in [0.5, 0.6) is 0 Å². The van der Waals surface area contributed by atoms with Crippen LogP contribution in [-0.2, 0) is 9.47 Å². The van der Waals surface area contributed by atoms with Gasteiger partial charge in [-0.15, -0.1) is 0 Å². The molecule has 1 saturated heterocycles. The lowest BCUT2D eigenvalue weighted by atomic mass is 9.95. The largest absolute Gasteiger partial charge is 0.385 e. The van der Waals surface area contributed by atoms with Crippen LogP contribution in [0.2, 0.25) is 0 Å². The van der Waals surface area contributed by atoms with Gasteiger partial charge in [-0.05, 0) is 26.4 Å². The maximum atomic E-state index is 5.59. The van der Waals surface area contributed by atoms with Crippen LogP contribution in [0.4, 0.5) is 0 Å². The molecule has 4 nitrogen and oxygen atoms in total. The van der Waals surface area contributed by atoms with E-state index in [0.29, 0.717) is 12.0 Å². The minimum absolute atomic E-state index is 0.622. The van der Waals surface area contributed by atoms with Crippen molar-refractivity contribution in [3.8, 4) is 0 Å². The summed E-state index contributed by atoms with van der Waals surface area (Å²) >= 11 is 0. The molecular formula is C13H28N2O2. The molecule has 0 aromatic carbocycles. The van der Waals surface area contributed by atoms with E-state index in [1.807, 2.05) is 0 Å². The molecule has 102 valence electrons. The normalized spacial score (nSPS) is 25.4. The zero-order valence-electron chi connectivity index (χ0n) is 11.6. The molecule has 2 atom stereocenters. The van der Waals surface area contributed by atoms with Gasteiger partial charge in [0, 0.05) is 45.4 Å². The zero-order valence-corrected chi connectivity index (χ0v) is 11.6. The van der Waals surface area contributed by atoms with Crippen molar-refractivity contribution >= 4 is 0 Å². The first-order valence-electron chi connectivity index (χ1n) is 6.76. The molecule has 0 bridgehead atoms. The van der Waals surface area contributed by atoms with E-state index in [0.717, 1.165) is 52.3 Å². The molecule has 2 unspecified atom stereocenters. The van der Waals surface area contributed by atoms with Crippen molar-refractivity contribution in [2.24, 2.45) is 5.92 Å². The van der Waals surface area contributed by atoms with Gasteiger partial charge in [0.2, 0.25) is 0 Å². The van der Waals surface area contributed by atoms with E-state index in [2.05, 4.69) is 24.2 Å². The van der Waals surface area contributed by atoms with Crippen LogP contribution < -0.4 is 5.32 Å². The van der Waals surface area contributed by atoms with Gasteiger partial charge in [-0.2, -0.15) is 0 Å². The molecule has 1 fully saturated rings. The standard InChI is InChI=1S/C13H28N2O2/c1-4-14-13-6-9-17-11-12(13)10-15(2)7-5-8-16-3/h12-14H,4-11H2,1-3H3. The van der Waals surface area contributed by atoms with E-state index in [-0.39, 0.29) is 0 Å². The van der Waals surface area contributed by atoms with Crippen molar-refractivity contribution in [3.63, 3.8) is 0 Å². The molecule has 0 amide bonds. The highest BCUT2D eigenvalue weighted by molar-refractivity contribution is 4.81. The lowest BCUT2D eigenvalue weighted by Crippen LogP contribution is -2.47. The monoisotopic (exact) mass is 244 g/mol. The Morgan fingerprint density at radius 3 is 3.00 bits per heavy atom. The van der Waals surface area contributed by atoms with Gasteiger partial charge in [-0.3, -0.25) is 0 Å². The van der Waals surface area contributed by atoms with Crippen LogP contribution >= 0.6 is 0 Å². The quantitative estimate of drug-likeness (QED) is 0.645. The Labute approximate surface area is 106 Å². The van der Waals surface area contributed by atoms with Gasteiger partial charge in [-0.25, -0.2) is 0 Å². The van der Waals surface area contributed by atoms with Gasteiger partial charge in [0.25, 0.3) is 0 Å². The van der Waals surface area contributed by atoms with E-state index >= 15 is 0 Å². The first kappa shape index (κ1) is 14.9. The number of hydrogen-bond acceptors (Lipinski definition) is 4. The molecule has 17 heavy (non-hydrogen) atoms. The van der Waals surface area contributed by atoms with E-state index in [9.17, 15) is 0 Å². The Morgan fingerprint density at radius 1 is 1.47 bits per heavy atom. The van der Waals surface area contributed by atoms with Crippen LogP contribution in [0, 0.1) is 5.92 Å². The third kappa shape index (κ3) is 5.82. The summed E-state index contributed by atoms with van der Waals surface area (Å²) in [7, 11) is 3.95. The van der Waals surface area contributed by atoms with Crippen LogP contribution in [0.3, 0.4) is 0 Å². The van der Waals surface area contributed by atoms with Gasteiger partial charge in [0.1, 0.15) is 0 Å². The van der Waals surface area contributed by atoms with Crippen LogP contribution in [0.15, 0.2) is 0 Å². The second kappa shape index (κ2) is 8.86. The second-order valence-electron chi connectivity index (χ2n) is 4.90. The summed E-state index contributed by atoms with van der Waals surface area (Å²) in [6.07, 6.45) is 2.25. The lowest BCUT2D eigenvalue weighted by Gasteiger charge is -2.34. The topological polar surface area (TPSA) is 33.7 Å². The van der Waals surface area contributed by atoms with Crippen molar-refractivity contribution in [1.82, 2.24) is 10.2 Å². The third-order valence-electron chi connectivity index (χ3n) is 3.37. The second-order valence-corrected chi connectivity index (χ2v) is 4.90. The number of nitrogens with one attached hydrogen (secondary N) is 1. The Kier molecular flexibility index (Phi) is 7.77. The van der Waals surface area contributed by atoms with Gasteiger partial charge >= 0.3 is 0 Å². The molecule has 1 heterocycles. The Hall–Kier alpha value is -0.160. The summed E-state index contributed by atoms with van der Waals surface area (Å²) in [6, 6.07) is 0.624. The van der Waals surface area contributed by atoms with Gasteiger partial charge < -0.3 is 19.7 Å². The molecule has 0 saturated carbocycles. The first-order valence-corrected chi connectivity index (χ1v) is 6.76. The lowest BCUT2D eigenvalue weighted by molar-refractivity contribution is 0.0194. The van der Waals surface area contributed by atoms with Crippen molar-refractivity contribution in [2.45, 2.75) is 25.8 Å². The molecule has 0 spiro atoms. The smallest absolute Gasteiger partial charge is 0.0521 e.